The number of fused-ring (bicyclic) bond motifs is 6. The number of ether oxygens (including phenoxy) is 1. The summed E-state index contributed by atoms with van der Waals surface area (Å²) in [5.41, 5.74) is 1.07. The molecule has 0 aromatic heterocycles. The minimum Gasteiger partial charge on any atom is -0.468 e. The first kappa shape index (κ1) is 25.6. The predicted octanol–water partition coefficient (Wildman–Crippen LogP) is 4.83. The van der Waals surface area contributed by atoms with Crippen LogP contribution < -0.4 is 0 Å². The van der Waals surface area contributed by atoms with Gasteiger partial charge in [0.25, 0.3) is 0 Å². The first-order chi connectivity index (χ1) is 16.7. The number of nitrogens with zero attached hydrogens (tertiary/aromatic N) is 1. The lowest BCUT2D eigenvalue weighted by Crippen LogP contribution is -2.61. The van der Waals surface area contributed by atoms with Crippen LogP contribution in [0.15, 0.2) is 35.5 Å². The van der Waals surface area contributed by atoms with Crippen molar-refractivity contribution in [1.29, 1.82) is 0 Å². The van der Waals surface area contributed by atoms with Gasteiger partial charge in [0.2, 0.25) is 5.91 Å². The van der Waals surface area contributed by atoms with E-state index in [0.29, 0.717) is 19.6 Å². The topological polar surface area (TPSA) is 72.9 Å². The maximum Gasteiger partial charge on any atom is 0.322 e. The number of allylic oxidation sites excluding steroid dienone is 4. The van der Waals surface area contributed by atoms with Crippen LogP contribution in [-0.2, 0) is 23.5 Å². The van der Waals surface area contributed by atoms with Crippen molar-refractivity contribution in [2.45, 2.75) is 77.6 Å². The molecule has 2 unspecified atom stereocenters. The second-order valence-electron chi connectivity index (χ2n) is 13.3. The highest BCUT2D eigenvalue weighted by Gasteiger charge is 2.77. The smallest absolute Gasteiger partial charge is 0.322 e. The first-order valence-electron chi connectivity index (χ1n) is 13.4. The SMILES string of the molecule is C=C1CN2C(=O)[C@](CCO[Si](C)(C)C(C)(C)C)(C(=O)OC)[C@]3(C)C2CC1C1=CC=C2C(=O)CC[C@H]2[C@@H]13. The molecule has 7 heteroatoms. The maximum absolute atomic E-state index is 14.4. The quantitative estimate of drug-likeness (QED) is 0.229. The molecule has 5 aliphatic rings. The van der Waals surface area contributed by atoms with Gasteiger partial charge in [0.15, 0.2) is 19.5 Å². The molecule has 4 fully saturated rings. The molecule has 3 aliphatic carbocycles. The number of esters is 1. The molecule has 6 nitrogen and oxygen atoms in total. The van der Waals surface area contributed by atoms with Crippen molar-refractivity contribution >= 4 is 26.0 Å². The van der Waals surface area contributed by atoms with Crippen LogP contribution >= 0.6 is 0 Å². The molecule has 2 bridgehead atoms. The van der Waals surface area contributed by atoms with Crippen LogP contribution in [0.25, 0.3) is 0 Å². The molecule has 36 heavy (non-hydrogen) atoms. The second-order valence-corrected chi connectivity index (χ2v) is 18.1. The summed E-state index contributed by atoms with van der Waals surface area (Å²) in [6.45, 7) is 18.3. The zero-order chi connectivity index (χ0) is 26.4. The maximum atomic E-state index is 14.4. The Morgan fingerprint density at radius 3 is 2.58 bits per heavy atom. The molecule has 2 heterocycles. The summed E-state index contributed by atoms with van der Waals surface area (Å²) in [5.74, 6) is -0.293. The fourth-order valence-electron chi connectivity index (χ4n) is 7.95. The molecule has 0 aromatic carbocycles. The van der Waals surface area contributed by atoms with Crippen LogP contribution in [-0.4, -0.2) is 57.2 Å². The first-order valence-corrected chi connectivity index (χ1v) is 16.3. The monoisotopic (exact) mass is 511 g/mol. The zero-order valence-corrected chi connectivity index (χ0v) is 23.9. The zero-order valence-electron chi connectivity index (χ0n) is 22.9. The highest BCUT2D eigenvalue weighted by atomic mass is 28.4. The van der Waals surface area contributed by atoms with Gasteiger partial charge in [0.1, 0.15) is 0 Å². The molecule has 0 spiro atoms. The van der Waals surface area contributed by atoms with Crippen LogP contribution in [0.4, 0.5) is 0 Å². The second kappa shape index (κ2) is 8.00. The minimum absolute atomic E-state index is 0.0193. The van der Waals surface area contributed by atoms with Crippen molar-refractivity contribution in [2.24, 2.45) is 28.6 Å². The Morgan fingerprint density at radius 1 is 1.25 bits per heavy atom. The molecule has 2 saturated carbocycles. The van der Waals surface area contributed by atoms with E-state index in [4.69, 9.17) is 9.16 Å². The molecular weight excluding hydrogens is 470 g/mol. The predicted molar refractivity (Wildman–Crippen MR) is 140 cm³/mol. The summed E-state index contributed by atoms with van der Waals surface area (Å²) in [4.78, 5) is 43.0. The summed E-state index contributed by atoms with van der Waals surface area (Å²) in [6.07, 6.45) is 6.47. The van der Waals surface area contributed by atoms with E-state index < -0.39 is 25.1 Å². The van der Waals surface area contributed by atoms with Crippen LogP contribution in [0.2, 0.25) is 18.1 Å². The molecule has 1 amide bonds. The van der Waals surface area contributed by atoms with Crippen molar-refractivity contribution in [3.63, 3.8) is 0 Å². The Morgan fingerprint density at radius 2 is 1.94 bits per heavy atom. The van der Waals surface area contributed by atoms with E-state index in [9.17, 15) is 14.4 Å². The molecular formula is C29H41NO5Si. The fourth-order valence-corrected chi connectivity index (χ4v) is 9.00. The number of amides is 1. The average Bonchev–Trinajstić information content (AvgIpc) is 3.27. The lowest BCUT2D eigenvalue weighted by molar-refractivity contribution is -0.170. The molecule has 0 aromatic rings. The Bertz CT molecular complexity index is 1110. The number of hydrogen-bond acceptors (Lipinski definition) is 5. The van der Waals surface area contributed by atoms with Crippen LogP contribution in [0, 0.1) is 28.6 Å². The van der Waals surface area contributed by atoms with E-state index >= 15 is 0 Å². The standard InChI is InChI=1S/C29H41NO5Si/c1-17-16-30-23-15-21(17)20-10-9-18-19(11-12-22(18)31)24(20)28(23,5)29(25(30)32,26(33)34-6)13-14-35-36(7,8)27(2,3)4/h9-10,19,21,23-24H,1,11-16H2,2-8H3/t19-,21?,23?,24+,28-,29-/m1/s1. The molecule has 196 valence electrons. The van der Waals surface area contributed by atoms with E-state index in [1.807, 2.05) is 11.0 Å². The Kier molecular flexibility index (Phi) is 5.70. The Hall–Kier alpha value is -1.99. The van der Waals surface area contributed by atoms with Gasteiger partial charge >= 0.3 is 5.97 Å². The average molecular weight is 512 g/mol. The summed E-state index contributed by atoms with van der Waals surface area (Å²) in [6, 6.07) is -0.0929. The molecule has 2 aliphatic heterocycles. The van der Waals surface area contributed by atoms with Gasteiger partial charge in [-0.2, -0.15) is 0 Å². The van der Waals surface area contributed by atoms with Gasteiger partial charge in [0, 0.05) is 36.9 Å². The number of carbonyl (C=O) groups excluding carboxylic acids is 3. The number of ketones is 1. The van der Waals surface area contributed by atoms with Gasteiger partial charge in [-0.25, -0.2) is 0 Å². The van der Waals surface area contributed by atoms with Crippen molar-refractivity contribution in [3.8, 4) is 0 Å². The van der Waals surface area contributed by atoms with Gasteiger partial charge in [-0.3, -0.25) is 14.4 Å². The van der Waals surface area contributed by atoms with Gasteiger partial charge in [-0.15, -0.1) is 0 Å². The van der Waals surface area contributed by atoms with Crippen LogP contribution in [0.3, 0.4) is 0 Å². The van der Waals surface area contributed by atoms with Crippen molar-refractivity contribution in [3.05, 3.63) is 35.5 Å². The molecule has 5 rings (SSSR count). The van der Waals surface area contributed by atoms with Crippen LogP contribution in [0.5, 0.6) is 0 Å². The molecule has 2 saturated heterocycles. The normalized spacial score (nSPS) is 37.4. The number of rotatable bonds is 5. The lowest BCUT2D eigenvalue weighted by Gasteiger charge is -2.58. The van der Waals surface area contributed by atoms with Gasteiger partial charge in [0.05, 0.1) is 7.11 Å². The van der Waals surface area contributed by atoms with Crippen molar-refractivity contribution in [1.82, 2.24) is 4.90 Å². The highest BCUT2D eigenvalue weighted by molar-refractivity contribution is 6.74. The third kappa shape index (κ3) is 3.08. The van der Waals surface area contributed by atoms with Crippen molar-refractivity contribution < 1.29 is 23.5 Å². The molecule has 6 atom stereocenters. The van der Waals surface area contributed by atoms with E-state index in [0.717, 1.165) is 24.0 Å². The molecule has 0 N–H and O–H groups in total. The Balaban J connectivity index is 1.64. The molecule has 0 radical (unpaired) electrons. The van der Waals surface area contributed by atoms with Crippen molar-refractivity contribution in [2.75, 3.05) is 20.3 Å². The third-order valence-corrected chi connectivity index (χ3v) is 15.4. The summed E-state index contributed by atoms with van der Waals surface area (Å²) < 4.78 is 12.0. The summed E-state index contributed by atoms with van der Waals surface area (Å²) >= 11 is 0. The van der Waals surface area contributed by atoms with Gasteiger partial charge in [-0.1, -0.05) is 57.6 Å². The van der Waals surface area contributed by atoms with Crippen LogP contribution in [0.1, 0.15) is 53.4 Å². The lowest BCUT2D eigenvalue weighted by atomic mass is 9.45. The van der Waals surface area contributed by atoms with E-state index in [1.54, 1.807) is 0 Å². The number of piperidine rings is 1. The van der Waals surface area contributed by atoms with E-state index in [1.165, 1.54) is 12.7 Å². The fraction of sp³-hybridized carbons (Fsp3) is 0.690. The van der Waals surface area contributed by atoms with Gasteiger partial charge in [-0.05, 0) is 54.8 Å². The number of hydrogen-bond donors (Lipinski definition) is 0. The largest absolute Gasteiger partial charge is 0.468 e. The highest BCUT2D eigenvalue weighted by Crippen LogP contribution is 2.70. The number of carbonyl (C=O) groups is 3. The summed E-state index contributed by atoms with van der Waals surface area (Å²) in [5, 5.41) is 0.0193. The van der Waals surface area contributed by atoms with E-state index in [-0.39, 0.29) is 46.9 Å². The third-order valence-electron chi connectivity index (χ3n) is 10.9. The number of Topliss-reactive ketones (excluding diaryl/α,β-unsaturated/α-hetero) is 1. The number of methoxy groups -OCH3 is 1. The summed E-state index contributed by atoms with van der Waals surface area (Å²) in [7, 11) is -0.706. The minimum atomic E-state index is -2.09. The Labute approximate surface area is 216 Å². The van der Waals surface area contributed by atoms with E-state index in [2.05, 4.69) is 53.4 Å². The van der Waals surface area contributed by atoms with Gasteiger partial charge < -0.3 is 14.1 Å².